The molecular formula is C16H19ClN2O3S. The Labute approximate surface area is 144 Å². The smallest absolute Gasteiger partial charge is 0.255 e. The number of hydrogen-bond acceptors (Lipinski definition) is 5. The lowest BCUT2D eigenvalue weighted by atomic mass is 10.0. The molecule has 2 aromatic rings. The molecule has 1 heterocycles. The maximum absolute atomic E-state index is 12.5. The molecule has 0 radical (unpaired) electrons. The van der Waals surface area contributed by atoms with Crippen molar-refractivity contribution in [1.82, 2.24) is 9.97 Å². The Morgan fingerprint density at radius 3 is 2.48 bits per heavy atom. The van der Waals surface area contributed by atoms with E-state index in [2.05, 4.69) is 9.97 Å². The van der Waals surface area contributed by atoms with Crippen LogP contribution in [-0.4, -0.2) is 29.9 Å². The van der Waals surface area contributed by atoms with E-state index in [1.54, 1.807) is 12.1 Å². The third-order valence-electron chi connectivity index (χ3n) is 3.25. The number of aromatic amines is 1. The number of methoxy groups -OCH3 is 2. The summed E-state index contributed by atoms with van der Waals surface area (Å²) >= 11 is 7.37. The van der Waals surface area contributed by atoms with Crippen LogP contribution in [0.4, 0.5) is 0 Å². The highest BCUT2D eigenvalue weighted by Gasteiger charge is 2.20. The Morgan fingerprint density at radius 1 is 1.26 bits per heavy atom. The average molecular weight is 355 g/mol. The Balaban J connectivity index is 2.47. The summed E-state index contributed by atoms with van der Waals surface area (Å²) in [6, 6.07) is 7.36. The molecule has 2 rings (SSSR count). The van der Waals surface area contributed by atoms with E-state index in [-0.39, 0.29) is 5.56 Å². The van der Waals surface area contributed by atoms with E-state index in [1.807, 2.05) is 19.1 Å². The van der Waals surface area contributed by atoms with Crippen LogP contribution in [0.2, 0.25) is 5.02 Å². The van der Waals surface area contributed by atoms with E-state index in [1.165, 1.54) is 26.0 Å². The molecule has 0 bridgehead atoms. The molecule has 1 aromatic carbocycles. The molecule has 0 saturated carbocycles. The van der Waals surface area contributed by atoms with Gasteiger partial charge in [-0.05, 0) is 23.4 Å². The second-order valence-electron chi connectivity index (χ2n) is 4.77. The van der Waals surface area contributed by atoms with Crippen molar-refractivity contribution in [1.29, 1.82) is 0 Å². The Morgan fingerprint density at radius 2 is 1.91 bits per heavy atom. The van der Waals surface area contributed by atoms with Gasteiger partial charge in [-0.25, -0.2) is 4.98 Å². The third-order valence-corrected chi connectivity index (χ3v) is 4.26. The molecule has 0 unspecified atom stereocenters. The van der Waals surface area contributed by atoms with Crippen molar-refractivity contribution in [2.24, 2.45) is 0 Å². The molecule has 7 heteroatoms. The minimum absolute atomic E-state index is 0.181. The van der Waals surface area contributed by atoms with Gasteiger partial charge in [-0.3, -0.25) is 4.79 Å². The summed E-state index contributed by atoms with van der Waals surface area (Å²) in [4.78, 5) is 19.8. The maximum Gasteiger partial charge on any atom is 0.255 e. The van der Waals surface area contributed by atoms with E-state index in [0.717, 1.165) is 11.3 Å². The molecule has 1 aromatic heterocycles. The van der Waals surface area contributed by atoms with Crippen molar-refractivity contribution in [3.8, 4) is 0 Å². The molecule has 0 aliphatic heterocycles. The molecule has 0 fully saturated rings. The highest BCUT2D eigenvalue weighted by atomic mass is 35.5. The summed E-state index contributed by atoms with van der Waals surface area (Å²) < 4.78 is 10.6. The SMILES string of the molecule is CCSc1nc(C(OC)OC)c(Cc2ccc(Cl)cc2)c(=O)[nH]1. The van der Waals surface area contributed by atoms with Crippen LogP contribution < -0.4 is 5.56 Å². The van der Waals surface area contributed by atoms with Crippen LogP contribution in [0.15, 0.2) is 34.2 Å². The first kappa shape index (κ1) is 18.0. The lowest BCUT2D eigenvalue weighted by Gasteiger charge is -2.17. The van der Waals surface area contributed by atoms with E-state index < -0.39 is 6.29 Å². The van der Waals surface area contributed by atoms with E-state index in [4.69, 9.17) is 21.1 Å². The van der Waals surface area contributed by atoms with Gasteiger partial charge in [0.15, 0.2) is 5.16 Å². The zero-order valence-corrected chi connectivity index (χ0v) is 14.8. The normalized spacial score (nSPS) is 11.2. The van der Waals surface area contributed by atoms with Crippen LogP contribution in [0.25, 0.3) is 0 Å². The number of aromatic nitrogens is 2. The van der Waals surface area contributed by atoms with Crippen LogP contribution in [0, 0.1) is 0 Å². The number of H-pyrrole nitrogens is 1. The highest BCUT2D eigenvalue weighted by Crippen LogP contribution is 2.22. The Kier molecular flexibility index (Phi) is 6.65. The first-order chi connectivity index (χ1) is 11.1. The molecule has 0 aliphatic rings. The Bertz CT molecular complexity index is 699. The van der Waals surface area contributed by atoms with Crippen LogP contribution in [0.3, 0.4) is 0 Å². The van der Waals surface area contributed by atoms with Crippen LogP contribution in [0.1, 0.15) is 30.0 Å². The minimum atomic E-state index is -0.684. The monoisotopic (exact) mass is 354 g/mol. The van der Waals surface area contributed by atoms with Crippen molar-refractivity contribution in [2.45, 2.75) is 24.8 Å². The largest absolute Gasteiger partial charge is 0.350 e. The lowest BCUT2D eigenvalue weighted by molar-refractivity contribution is -0.109. The number of hydrogen-bond donors (Lipinski definition) is 1. The number of nitrogens with zero attached hydrogens (tertiary/aromatic N) is 1. The van der Waals surface area contributed by atoms with Crippen LogP contribution in [0.5, 0.6) is 0 Å². The van der Waals surface area contributed by atoms with Crippen LogP contribution >= 0.6 is 23.4 Å². The first-order valence-electron chi connectivity index (χ1n) is 7.15. The first-order valence-corrected chi connectivity index (χ1v) is 8.51. The molecule has 23 heavy (non-hydrogen) atoms. The fourth-order valence-corrected chi connectivity index (χ4v) is 2.92. The summed E-state index contributed by atoms with van der Waals surface area (Å²) in [7, 11) is 3.05. The number of ether oxygens (including phenoxy) is 2. The fourth-order valence-electron chi connectivity index (χ4n) is 2.19. The second kappa shape index (κ2) is 8.49. The van der Waals surface area contributed by atoms with Gasteiger partial charge in [-0.2, -0.15) is 0 Å². The standard InChI is InChI=1S/C16H19ClN2O3S/c1-4-23-16-18-13(15(21-2)22-3)12(14(20)19-16)9-10-5-7-11(17)8-6-10/h5-8,15H,4,9H2,1-3H3,(H,18,19,20). The predicted octanol–water partition coefficient (Wildman–Crippen LogP) is 3.42. The predicted molar refractivity (Wildman–Crippen MR) is 92.3 cm³/mol. The maximum atomic E-state index is 12.5. The van der Waals surface area contributed by atoms with E-state index in [0.29, 0.717) is 27.9 Å². The molecule has 0 aliphatic carbocycles. The highest BCUT2D eigenvalue weighted by molar-refractivity contribution is 7.99. The second-order valence-corrected chi connectivity index (χ2v) is 6.46. The van der Waals surface area contributed by atoms with Gasteiger partial charge >= 0.3 is 0 Å². The minimum Gasteiger partial charge on any atom is -0.350 e. The molecule has 5 nitrogen and oxygen atoms in total. The van der Waals surface area contributed by atoms with E-state index >= 15 is 0 Å². The lowest BCUT2D eigenvalue weighted by Crippen LogP contribution is -2.22. The zero-order chi connectivity index (χ0) is 16.8. The summed E-state index contributed by atoms with van der Waals surface area (Å²) in [6.07, 6.45) is -0.259. The van der Waals surface area contributed by atoms with Crippen molar-refractivity contribution in [3.05, 3.63) is 56.5 Å². The molecule has 0 saturated heterocycles. The van der Waals surface area contributed by atoms with Gasteiger partial charge in [-0.15, -0.1) is 0 Å². The number of rotatable bonds is 7. The zero-order valence-electron chi connectivity index (χ0n) is 13.3. The van der Waals surface area contributed by atoms with Gasteiger partial charge in [0.05, 0.1) is 0 Å². The van der Waals surface area contributed by atoms with Gasteiger partial charge in [0.1, 0.15) is 5.69 Å². The van der Waals surface area contributed by atoms with Gasteiger partial charge < -0.3 is 14.5 Å². The van der Waals surface area contributed by atoms with Gasteiger partial charge in [0, 0.05) is 31.2 Å². The van der Waals surface area contributed by atoms with Crippen LogP contribution in [-0.2, 0) is 15.9 Å². The number of halogens is 1. The van der Waals surface area contributed by atoms with Gasteiger partial charge in [-0.1, -0.05) is 42.4 Å². The molecule has 0 atom stereocenters. The van der Waals surface area contributed by atoms with Crippen molar-refractivity contribution in [2.75, 3.05) is 20.0 Å². The van der Waals surface area contributed by atoms with E-state index in [9.17, 15) is 4.79 Å². The number of nitrogens with one attached hydrogen (secondary N) is 1. The Hall–Kier alpha value is -1.34. The summed E-state index contributed by atoms with van der Waals surface area (Å²) in [5.41, 5.74) is 1.82. The summed E-state index contributed by atoms with van der Waals surface area (Å²) in [5.74, 6) is 0.809. The van der Waals surface area contributed by atoms with Crippen molar-refractivity contribution in [3.63, 3.8) is 0 Å². The number of thioether (sulfide) groups is 1. The molecule has 124 valence electrons. The third kappa shape index (κ3) is 4.57. The van der Waals surface area contributed by atoms with Gasteiger partial charge in [0.25, 0.3) is 5.56 Å². The van der Waals surface area contributed by atoms with Gasteiger partial charge in [0.2, 0.25) is 6.29 Å². The summed E-state index contributed by atoms with van der Waals surface area (Å²) in [6.45, 7) is 2.00. The molecule has 0 amide bonds. The fraction of sp³-hybridized carbons (Fsp3) is 0.375. The van der Waals surface area contributed by atoms with Crippen molar-refractivity contribution < 1.29 is 9.47 Å². The average Bonchev–Trinajstić information content (AvgIpc) is 2.54. The summed E-state index contributed by atoms with van der Waals surface area (Å²) in [5, 5.41) is 1.22. The van der Waals surface area contributed by atoms with Crippen molar-refractivity contribution >= 4 is 23.4 Å². The molecular weight excluding hydrogens is 336 g/mol. The quantitative estimate of drug-likeness (QED) is 0.469. The topological polar surface area (TPSA) is 64.2 Å². The molecule has 1 N–H and O–H groups in total. The number of benzene rings is 1. The molecule has 0 spiro atoms.